The lowest BCUT2D eigenvalue weighted by molar-refractivity contribution is -0.136. The molecule has 1 aliphatic carbocycles. The molecule has 0 radical (unpaired) electrons. The minimum atomic E-state index is -1.11. The Morgan fingerprint density at radius 3 is 2.75 bits per heavy atom. The van der Waals surface area contributed by atoms with Crippen LogP contribution in [0.15, 0.2) is 59.5 Å². The molecule has 2 aliphatic rings. The van der Waals surface area contributed by atoms with Crippen molar-refractivity contribution in [2.45, 2.75) is 68.5 Å². The highest BCUT2D eigenvalue weighted by molar-refractivity contribution is 7.99. The molecule has 0 fully saturated rings. The maximum absolute atomic E-state index is 15.3. The van der Waals surface area contributed by atoms with Crippen molar-refractivity contribution in [2.24, 2.45) is 0 Å². The average molecular weight is 624 g/mol. The van der Waals surface area contributed by atoms with E-state index in [1.165, 1.54) is 30.1 Å². The molecule has 0 saturated heterocycles. The summed E-state index contributed by atoms with van der Waals surface area (Å²) in [6, 6.07) is 7.38. The number of carboxylic acid groups (broad SMARTS) is 1. The summed E-state index contributed by atoms with van der Waals surface area (Å²) >= 11 is 1.24. The van der Waals surface area contributed by atoms with Crippen LogP contribution in [0.2, 0.25) is 0 Å². The maximum Gasteiger partial charge on any atom is 0.303 e. The van der Waals surface area contributed by atoms with Gasteiger partial charge >= 0.3 is 5.97 Å². The number of H-pyrrole nitrogens is 2. The number of aromatic nitrogens is 3. The first kappa shape index (κ1) is 29.9. The van der Waals surface area contributed by atoms with Crippen LogP contribution in [0.25, 0.3) is 16.5 Å². The van der Waals surface area contributed by atoms with E-state index in [1.807, 2.05) is 32.0 Å². The number of allylic oxidation sites excluding steroid dienone is 2. The van der Waals surface area contributed by atoms with Crippen LogP contribution in [0.3, 0.4) is 0 Å². The molecule has 230 valence electrons. The molecule has 0 saturated carbocycles. The second-order valence-corrected chi connectivity index (χ2v) is 12.8. The van der Waals surface area contributed by atoms with E-state index >= 15 is 8.78 Å². The first-order chi connectivity index (χ1) is 20.9. The van der Waals surface area contributed by atoms with Gasteiger partial charge in [-0.15, -0.1) is 11.8 Å². The number of aryl methyl sites for hydroxylation is 1. The van der Waals surface area contributed by atoms with Gasteiger partial charge in [0.15, 0.2) is 11.6 Å². The molecule has 4 aromatic rings. The van der Waals surface area contributed by atoms with Gasteiger partial charge in [0.2, 0.25) is 5.82 Å². The third-order valence-electron chi connectivity index (χ3n) is 8.30. The largest absolute Gasteiger partial charge is 0.487 e. The number of carboxylic acids is 1. The summed E-state index contributed by atoms with van der Waals surface area (Å²) in [4.78, 5) is 22.3. The normalized spacial score (nSPS) is 20.9. The summed E-state index contributed by atoms with van der Waals surface area (Å²) in [6.45, 7) is 6.01. The van der Waals surface area contributed by atoms with Gasteiger partial charge < -0.3 is 24.5 Å². The molecular weight excluding hydrogens is 591 g/mol. The summed E-state index contributed by atoms with van der Waals surface area (Å²) in [5, 5.41) is 9.76. The van der Waals surface area contributed by atoms with E-state index in [9.17, 15) is 14.3 Å². The quantitative estimate of drug-likeness (QED) is 0.173. The predicted octanol–water partition coefficient (Wildman–Crippen LogP) is 7.86. The Labute approximate surface area is 256 Å². The number of aromatic amines is 2. The van der Waals surface area contributed by atoms with Crippen LogP contribution in [-0.2, 0) is 16.6 Å². The van der Waals surface area contributed by atoms with E-state index in [1.54, 1.807) is 18.5 Å². The smallest absolute Gasteiger partial charge is 0.303 e. The van der Waals surface area contributed by atoms with Crippen LogP contribution in [-0.4, -0.2) is 44.0 Å². The van der Waals surface area contributed by atoms with Gasteiger partial charge in [0.1, 0.15) is 29.1 Å². The molecule has 2 atom stereocenters. The van der Waals surface area contributed by atoms with Crippen molar-refractivity contribution in [3.05, 3.63) is 88.9 Å². The van der Waals surface area contributed by atoms with Gasteiger partial charge in [0.05, 0.1) is 16.0 Å². The highest BCUT2D eigenvalue weighted by atomic mass is 32.2. The highest BCUT2D eigenvalue weighted by Crippen LogP contribution is 2.50. The number of fused-ring (bicyclic) bond motifs is 2. The van der Waals surface area contributed by atoms with Crippen molar-refractivity contribution in [1.29, 1.82) is 0 Å². The van der Waals surface area contributed by atoms with Crippen LogP contribution >= 0.6 is 11.8 Å². The van der Waals surface area contributed by atoms with E-state index in [4.69, 9.17) is 9.47 Å². The van der Waals surface area contributed by atoms with Gasteiger partial charge in [-0.2, -0.15) is 4.39 Å². The number of carbonyl (C=O) groups is 1. The van der Waals surface area contributed by atoms with E-state index in [-0.39, 0.29) is 35.5 Å². The van der Waals surface area contributed by atoms with Crippen molar-refractivity contribution in [1.82, 2.24) is 15.0 Å². The lowest BCUT2D eigenvalue weighted by atomic mass is 9.69. The molecule has 6 rings (SSSR count). The number of imidazole rings is 1. The Morgan fingerprint density at radius 2 is 2.00 bits per heavy atom. The number of hydrogen-bond acceptors (Lipinski definition) is 5. The molecule has 3 N–H and O–H groups in total. The van der Waals surface area contributed by atoms with E-state index < -0.39 is 40.6 Å². The number of nitrogens with zero attached hydrogens (tertiary/aromatic N) is 1. The van der Waals surface area contributed by atoms with Crippen LogP contribution in [0, 0.1) is 11.6 Å². The Balaban J connectivity index is 1.35. The molecule has 2 aromatic heterocycles. The van der Waals surface area contributed by atoms with Crippen LogP contribution in [0.1, 0.15) is 62.7 Å². The first-order valence-electron chi connectivity index (χ1n) is 14.3. The number of halogens is 3. The fourth-order valence-electron chi connectivity index (χ4n) is 6.38. The zero-order valence-electron chi connectivity index (χ0n) is 24.7. The van der Waals surface area contributed by atoms with Gasteiger partial charge in [-0.25, -0.2) is 13.8 Å². The molecule has 1 aliphatic heterocycles. The fourth-order valence-corrected chi connectivity index (χ4v) is 7.10. The van der Waals surface area contributed by atoms with Crippen molar-refractivity contribution in [2.75, 3.05) is 6.26 Å². The highest BCUT2D eigenvalue weighted by Gasteiger charge is 2.45. The summed E-state index contributed by atoms with van der Waals surface area (Å²) in [5.74, 6) is -2.82. The number of rotatable bonds is 8. The topological polar surface area (TPSA) is 100 Å². The average Bonchev–Trinajstić information content (AvgIpc) is 3.66. The zero-order valence-corrected chi connectivity index (χ0v) is 25.5. The molecule has 7 nitrogen and oxygen atoms in total. The van der Waals surface area contributed by atoms with Crippen molar-refractivity contribution >= 4 is 34.2 Å². The van der Waals surface area contributed by atoms with Crippen molar-refractivity contribution in [3.8, 4) is 11.5 Å². The molecule has 0 spiro atoms. The Bertz CT molecular complexity index is 1840. The minimum absolute atomic E-state index is 0.0256. The summed E-state index contributed by atoms with van der Waals surface area (Å²) in [7, 11) is 0. The van der Waals surface area contributed by atoms with Crippen molar-refractivity contribution in [3.63, 3.8) is 0 Å². The second-order valence-electron chi connectivity index (χ2n) is 12.0. The van der Waals surface area contributed by atoms with Crippen LogP contribution < -0.4 is 9.47 Å². The minimum Gasteiger partial charge on any atom is -0.487 e. The number of benzene rings is 2. The monoisotopic (exact) mass is 623 g/mol. The summed E-state index contributed by atoms with van der Waals surface area (Å²) in [6.07, 6.45) is 8.07. The molecule has 0 bridgehead atoms. The molecule has 11 heteroatoms. The zero-order chi connectivity index (χ0) is 31.4. The fraction of sp³-hybridized carbons (Fsp3) is 0.333. The van der Waals surface area contributed by atoms with E-state index in [2.05, 4.69) is 21.9 Å². The standard InChI is InChI=1S/C33H32F3N3O4S/c1-32(2)16-33(3,21-7-5-6-17(28(21)43-32)8-11-24(40)41)23-15-38-31(39-23)20-14-18(9-10-22(20)34)42-29-26(36)25(35)27-19(12-13-37-27)30(29)44-4/h5-7,10,12-15,18,37H,8-9,11,16H2,1-4H3,(H,38,39)(H,40,41)/t18?,33-/m1/s1. The number of ether oxygens (including phenoxy) is 2. The van der Waals surface area contributed by atoms with Crippen molar-refractivity contribution < 1.29 is 32.5 Å². The number of thioether (sulfide) groups is 1. The first-order valence-corrected chi connectivity index (χ1v) is 15.5. The molecular formula is C33H32F3N3O4S. The number of hydrogen-bond donors (Lipinski definition) is 3. The third-order valence-corrected chi connectivity index (χ3v) is 9.12. The molecule has 3 heterocycles. The third kappa shape index (κ3) is 5.16. The number of para-hydroxylation sites is 1. The SMILES string of the molecule is CSc1c(OC2C=C(c3ncc([C@]4(C)CC(C)(C)Oc5c(CCC(=O)O)cccc54)[nH]3)C(F)=CC2)c(F)c(F)c2[nH]ccc12. The second kappa shape index (κ2) is 11.1. The lowest BCUT2D eigenvalue weighted by Crippen LogP contribution is -2.44. The van der Waals surface area contributed by atoms with Gasteiger partial charge in [-0.3, -0.25) is 4.79 Å². The van der Waals surface area contributed by atoms with Gasteiger partial charge in [0.25, 0.3) is 0 Å². The summed E-state index contributed by atoms with van der Waals surface area (Å²) in [5.41, 5.74) is 1.43. The Kier molecular flexibility index (Phi) is 7.55. The van der Waals surface area contributed by atoms with Gasteiger partial charge in [0, 0.05) is 53.7 Å². The van der Waals surface area contributed by atoms with Crippen LogP contribution in [0.5, 0.6) is 11.5 Å². The van der Waals surface area contributed by atoms with Gasteiger partial charge in [-0.05, 0) is 57.2 Å². The maximum atomic E-state index is 15.3. The predicted molar refractivity (Wildman–Crippen MR) is 163 cm³/mol. The van der Waals surface area contributed by atoms with Gasteiger partial charge in [-0.1, -0.05) is 18.2 Å². The van der Waals surface area contributed by atoms with E-state index in [0.717, 1.165) is 16.8 Å². The molecule has 1 unspecified atom stereocenters. The lowest BCUT2D eigenvalue weighted by Gasteiger charge is -2.44. The number of aliphatic carboxylic acids is 1. The van der Waals surface area contributed by atoms with Crippen LogP contribution in [0.4, 0.5) is 13.2 Å². The Morgan fingerprint density at radius 1 is 1.20 bits per heavy atom. The Hall–Kier alpha value is -4.12. The molecule has 0 amide bonds. The van der Waals surface area contributed by atoms with E-state index in [0.29, 0.717) is 28.9 Å². The summed E-state index contributed by atoms with van der Waals surface area (Å²) < 4.78 is 57.6. The molecule has 44 heavy (non-hydrogen) atoms. The molecule has 2 aromatic carbocycles. The number of nitrogens with one attached hydrogen (secondary N) is 2.